The molecule has 0 aromatic heterocycles. The highest BCUT2D eigenvalue weighted by Crippen LogP contribution is 2.38. The number of carbonyl (C=O) groups is 4. The SMILES string of the molecule is CN(C)CCCC(O)(c1ccc(F)cc1)c1ccc(C#N)cc1CO.CN(C)CCCC(O)(c1ccc(F)cc1)c1ccc(C#N)cc1CO.Cc1ccc(C(=O)O[C@H](C(=O)O)[C@H](OC(=O)c2ccc(C)cc2)C(=O)O)cc1. The molecular formula is C60H64F2N4O12. The van der Waals surface area contributed by atoms with E-state index in [1.54, 1.807) is 98.8 Å². The predicted molar refractivity (Wildman–Crippen MR) is 285 cm³/mol. The number of hydrogen-bond acceptors (Lipinski definition) is 14. The van der Waals surface area contributed by atoms with Gasteiger partial charge in [-0.05, 0) is 187 Å². The molecule has 0 aliphatic rings. The summed E-state index contributed by atoms with van der Waals surface area (Å²) < 4.78 is 36.3. The van der Waals surface area contributed by atoms with Crippen LogP contribution in [0.3, 0.4) is 0 Å². The molecule has 0 amide bonds. The lowest BCUT2D eigenvalue weighted by atomic mass is 9.80. The van der Waals surface area contributed by atoms with Gasteiger partial charge in [-0.1, -0.05) is 71.8 Å². The molecule has 0 spiro atoms. The van der Waals surface area contributed by atoms with Gasteiger partial charge in [-0.2, -0.15) is 10.5 Å². The van der Waals surface area contributed by atoms with E-state index in [1.165, 1.54) is 48.5 Å². The van der Waals surface area contributed by atoms with E-state index in [1.807, 2.05) is 50.1 Å². The van der Waals surface area contributed by atoms with Crippen LogP contribution in [0.5, 0.6) is 0 Å². The fraction of sp³-hybridized carbons (Fsp3) is 0.300. The highest BCUT2D eigenvalue weighted by molar-refractivity contribution is 5.95. The number of halogens is 2. The molecule has 78 heavy (non-hydrogen) atoms. The van der Waals surface area contributed by atoms with Crippen molar-refractivity contribution < 1.29 is 68.1 Å². The molecule has 0 bridgehead atoms. The molecule has 0 heterocycles. The van der Waals surface area contributed by atoms with Crippen molar-refractivity contribution in [2.24, 2.45) is 0 Å². The number of nitriles is 2. The third kappa shape index (κ3) is 17.4. The molecular weight excluding hydrogens is 1010 g/mol. The number of hydrogen-bond donors (Lipinski definition) is 6. The number of carboxylic acids is 2. The van der Waals surface area contributed by atoms with Crippen molar-refractivity contribution >= 4 is 23.9 Å². The second kappa shape index (κ2) is 29.4. The Hall–Kier alpha value is -8.20. The van der Waals surface area contributed by atoms with Gasteiger partial charge >= 0.3 is 23.9 Å². The van der Waals surface area contributed by atoms with E-state index < -0.39 is 47.3 Å². The smallest absolute Gasteiger partial charge is 0.349 e. The second-order valence-electron chi connectivity index (χ2n) is 18.9. The number of ether oxygens (including phenoxy) is 2. The van der Waals surface area contributed by atoms with Crippen molar-refractivity contribution in [2.75, 3.05) is 41.3 Å². The molecule has 2 unspecified atom stereocenters. The number of nitrogens with zero attached hydrogens (tertiary/aromatic N) is 4. The largest absolute Gasteiger partial charge is 0.478 e. The molecule has 0 saturated carbocycles. The summed E-state index contributed by atoms with van der Waals surface area (Å²) in [6.07, 6.45) is -2.19. The fourth-order valence-corrected chi connectivity index (χ4v) is 8.25. The number of aryl methyl sites for hydroxylation is 2. The van der Waals surface area contributed by atoms with Crippen LogP contribution in [0.25, 0.3) is 0 Å². The maximum atomic E-state index is 13.3. The lowest BCUT2D eigenvalue weighted by molar-refractivity contribution is -0.166. The molecule has 0 aliphatic heterocycles. The van der Waals surface area contributed by atoms with Gasteiger partial charge < -0.3 is 49.9 Å². The quantitative estimate of drug-likeness (QED) is 0.0376. The van der Waals surface area contributed by atoms with E-state index in [4.69, 9.17) is 20.0 Å². The zero-order valence-electron chi connectivity index (χ0n) is 44.2. The molecule has 16 nitrogen and oxygen atoms in total. The summed E-state index contributed by atoms with van der Waals surface area (Å²) in [7, 11) is 7.82. The van der Waals surface area contributed by atoms with Crippen LogP contribution >= 0.6 is 0 Å². The van der Waals surface area contributed by atoms with E-state index >= 15 is 0 Å². The second-order valence-corrected chi connectivity index (χ2v) is 18.9. The number of esters is 2. The summed E-state index contributed by atoms with van der Waals surface area (Å²) in [4.78, 5) is 51.4. The first kappa shape index (κ1) is 62.3. The lowest BCUT2D eigenvalue weighted by Crippen LogP contribution is -2.45. The standard InChI is InChI=1S/2C20H23FN2O2.C20H18O8/c2*1-23(2)11-3-10-20(25,17-5-7-18(21)8-6-17)19-9-4-15(13-22)12-16(19)14-24;1-11-3-7-13(8-4-11)19(25)27-15(17(21)22)16(18(23)24)28-20(26)14-9-5-12(2)6-10-14/h2*4-9,12,24-25H,3,10-11,14H2,1-2H3;3-10,15-16H,1-2H3,(H,21,22)(H,23,24)/t;;15-,16-/m..0/s1. The van der Waals surface area contributed by atoms with Crippen molar-refractivity contribution in [2.45, 2.75) is 76.2 Å². The monoisotopic (exact) mass is 1070 g/mol. The van der Waals surface area contributed by atoms with Gasteiger partial charge in [0.2, 0.25) is 12.2 Å². The predicted octanol–water partition coefficient (Wildman–Crippen LogP) is 7.76. The molecule has 410 valence electrons. The van der Waals surface area contributed by atoms with Crippen LogP contribution in [0, 0.1) is 48.1 Å². The molecule has 6 aromatic carbocycles. The number of rotatable bonds is 21. The zero-order valence-corrected chi connectivity index (χ0v) is 44.2. The molecule has 4 atom stereocenters. The molecule has 6 aromatic rings. The number of carboxylic acid groups (broad SMARTS) is 2. The van der Waals surface area contributed by atoms with E-state index in [0.29, 0.717) is 70.2 Å². The number of benzene rings is 6. The summed E-state index contributed by atoms with van der Waals surface area (Å²) >= 11 is 0. The molecule has 0 saturated heterocycles. The van der Waals surface area contributed by atoms with Crippen LogP contribution in [-0.4, -0.2) is 118 Å². The van der Waals surface area contributed by atoms with Gasteiger partial charge in [0.1, 0.15) is 22.8 Å². The highest BCUT2D eigenvalue weighted by Gasteiger charge is 2.41. The summed E-state index contributed by atoms with van der Waals surface area (Å²) in [5.41, 5.74) is 3.10. The van der Waals surface area contributed by atoms with Crippen LogP contribution < -0.4 is 0 Å². The minimum atomic E-state index is -2.22. The molecule has 18 heteroatoms. The average molecular weight is 1070 g/mol. The van der Waals surface area contributed by atoms with Crippen molar-refractivity contribution in [3.63, 3.8) is 0 Å². The Balaban J connectivity index is 0.000000253. The Bertz CT molecular complexity index is 2840. The van der Waals surface area contributed by atoms with Crippen LogP contribution in [0.15, 0.2) is 133 Å². The molecule has 6 N–H and O–H groups in total. The summed E-state index contributed by atoms with van der Waals surface area (Å²) in [5, 5.41) is 79.2. The molecule has 6 rings (SSSR count). The van der Waals surface area contributed by atoms with Gasteiger partial charge in [-0.3, -0.25) is 0 Å². The van der Waals surface area contributed by atoms with Gasteiger partial charge in [0.25, 0.3) is 0 Å². The fourth-order valence-electron chi connectivity index (χ4n) is 8.25. The summed E-state index contributed by atoms with van der Waals surface area (Å²) in [5.74, 6) is -6.37. The van der Waals surface area contributed by atoms with Crippen LogP contribution in [0.2, 0.25) is 0 Å². The topological polar surface area (TPSA) is 262 Å². The van der Waals surface area contributed by atoms with E-state index in [-0.39, 0.29) is 36.0 Å². The Morgan fingerprint density at radius 2 is 0.859 bits per heavy atom. The number of aliphatic carboxylic acids is 2. The number of aliphatic hydroxyl groups is 4. The van der Waals surface area contributed by atoms with E-state index in [0.717, 1.165) is 24.2 Å². The molecule has 0 aliphatic carbocycles. The normalized spacial score (nSPS) is 13.1. The van der Waals surface area contributed by atoms with E-state index in [2.05, 4.69) is 0 Å². The first-order valence-corrected chi connectivity index (χ1v) is 24.6. The van der Waals surface area contributed by atoms with Gasteiger partial charge in [-0.15, -0.1) is 0 Å². The molecule has 0 fully saturated rings. The Morgan fingerprint density at radius 1 is 0.538 bits per heavy atom. The lowest BCUT2D eigenvalue weighted by Gasteiger charge is -2.32. The highest BCUT2D eigenvalue weighted by atomic mass is 19.1. The first-order valence-electron chi connectivity index (χ1n) is 24.6. The molecule has 0 radical (unpaired) electrons. The van der Waals surface area contributed by atoms with Gasteiger partial charge in [0.05, 0.1) is 47.6 Å². The van der Waals surface area contributed by atoms with Crippen LogP contribution in [-0.2, 0) is 43.5 Å². The zero-order chi connectivity index (χ0) is 57.7. The summed E-state index contributed by atoms with van der Waals surface area (Å²) in [6, 6.07) is 37.4. The van der Waals surface area contributed by atoms with Gasteiger partial charge in [-0.25, -0.2) is 28.0 Å². The number of aliphatic hydroxyl groups excluding tert-OH is 2. The van der Waals surface area contributed by atoms with Crippen molar-refractivity contribution in [3.05, 3.63) is 212 Å². The minimum absolute atomic E-state index is 0.0332. The average Bonchev–Trinajstić information content (AvgIpc) is 3.47. The van der Waals surface area contributed by atoms with Gasteiger partial charge in [0, 0.05) is 0 Å². The van der Waals surface area contributed by atoms with Crippen LogP contribution in [0.1, 0.15) is 102 Å². The van der Waals surface area contributed by atoms with Crippen molar-refractivity contribution in [3.8, 4) is 12.1 Å². The third-order valence-electron chi connectivity index (χ3n) is 12.4. The van der Waals surface area contributed by atoms with Crippen molar-refractivity contribution in [1.29, 1.82) is 10.5 Å². The van der Waals surface area contributed by atoms with E-state index in [9.17, 15) is 58.6 Å². The maximum absolute atomic E-state index is 13.3. The third-order valence-corrected chi connectivity index (χ3v) is 12.4. The van der Waals surface area contributed by atoms with Gasteiger partial charge in [0.15, 0.2) is 0 Å². The Labute approximate surface area is 452 Å². The van der Waals surface area contributed by atoms with Crippen LogP contribution in [0.4, 0.5) is 8.78 Å². The number of carbonyl (C=O) groups excluding carboxylic acids is 2. The Kier molecular flexibility index (Phi) is 23.5. The minimum Gasteiger partial charge on any atom is -0.478 e. The summed E-state index contributed by atoms with van der Waals surface area (Å²) in [6.45, 7) is 4.58. The first-order chi connectivity index (χ1) is 37.0. The van der Waals surface area contributed by atoms with Crippen molar-refractivity contribution in [1.82, 2.24) is 9.80 Å². The maximum Gasteiger partial charge on any atom is 0.349 e. The Morgan fingerprint density at radius 3 is 1.13 bits per heavy atom.